The molecular weight excluding hydrogens is 417 g/mol. The number of benzene rings is 1. The van der Waals surface area contributed by atoms with Crippen molar-refractivity contribution in [3.05, 3.63) is 55.7 Å². The maximum Gasteiger partial charge on any atom is 0.317 e. The van der Waals surface area contributed by atoms with Gasteiger partial charge >= 0.3 is 5.97 Å². The molecule has 106 valence electrons. The zero-order valence-electron chi connectivity index (χ0n) is 10.8. The fourth-order valence-corrected chi connectivity index (χ4v) is 3.80. The van der Waals surface area contributed by atoms with Gasteiger partial charge < -0.3 is 4.74 Å². The Morgan fingerprint density at radius 3 is 2.95 bits per heavy atom. The van der Waals surface area contributed by atoms with Crippen LogP contribution in [0.2, 0.25) is 0 Å². The highest BCUT2D eigenvalue weighted by Crippen LogP contribution is 2.26. The standard InChI is InChI=1S/C15H10INO2S2/c16-11-2-1-3-13(6-11)19-14(18)7-12-9-21-15(17-12)10-4-5-20-8-10/h1-6,8-9H,7H2. The van der Waals surface area contributed by atoms with Gasteiger partial charge in [-0.2, -0.15) is 11.3 Å². The predicted octanol–water partition coefficient (Wildman–Crippen LogP) is 4.62. The van der Waals surface area contributed by atoms with Crippen LogP contribution in [0.1, 0.15) is 5.69 Å². The van der Waals surface area contributed by atoms with E-state index < -0.39 is 0 Å². The molecule has 0 radical (unpaired) electrons. The third-order valence-corrected chi connectivity index (χ3v) is 4.97. The van der Waals surface area contributed by atoms with Crippen LogP contribution in [0.15, 0.2) is 46.5 Å². The summed E-state index contributed by atoms with van der Waals surface area (Å²) in [4.78, 5) is 16.4. The largest absolute Gasteiger partial charge is 0.426 e. The van der Waals surface area contributed by atoms with Gasteiger partial charge in [0.25, 0.3) is 0 Å². The van der Waals surface area contributed by atoms with Crippen LogP contribution in [0, 0.1) is 3.57 Å². The van der Waals surface area contributed by atoms with E-state index >= 15 is 0 Å². The molecular formula is C15H10INO2S2. The minimum Gasteiger partial charge on any atom is -0.426 e. The Morgan fingerprint density at radius 2 is 2.19 bits per heavy atom. The highest BCUT2D eigenvalue weighted by atomic mass is 127. The van der Waals surface area contributed by atoms with E-state index in [9.17, 15) is 4.79 Å². The summed E-state index contributed by atoms with van der Waals surface area (Å²) in [6, 6.07) is 9.44. The first-order valence-corrected chi connectivity index (χ1v) is 9.04. The van der Waals surface area contributed by atoms with E-state index in [0.717, 1.165) is 19.8 Å². The molecule has 2 heterocycles. The molecule has 0 unspecified atom stereocenters. The number of halogens is 1. The molecule has 0 saturated heterocycles. The van der Waals surface area contributed by atoms with Gasteiger partial charge in [0.1, 0.15) is 10.8 Å². The molecule has 0 saturated carbocycles. The van der Waals surface area contributed by atoms with Gasteiger partial charge in [0.15, 0.2) is 0 Å². The third kappa shape index (κ3) is 3.90. The first-order chi connectivity index (χ1) is 10.2. The molecule has 2 aromatic heterocycles. The van der Waals surface area contributed by atoms with Gasteiger partial charge in [-0.1, -0.05) is 6.07 Å². The van der Waals surface area contributed by atoms with Crippen molar-refractivity contribution in [3.8, 4) is 16.3 Å². The lowest BCUT2D eigenvalue weighted by Gasteiger charge is -2.03. The van der Waals surface area contributed by atoms with Crippen LogP contribution < -0.4 is 4.74 Å². The fourth-order valence-electron chi connectivity index (χ4n) is 1.75. The number of rotatable bonds is 4. The summed E-state index contributed by atoms with van der Waals surface area (Å²) in [5.41, 5.74) is 1.85. The van der Waals surface area contributed by atoms with Crippen molar-refractivity contribution in [2.45, 2.75) is 6.42 Å². The first kappa shape index (κ1) is 14.7. The van der Waals surface area contributed by atoms with Crippen molar-refractivity contribution in [2.24, 2.45) is 0 Å². The number of carbonyl (C=O) groups is 1. The van der Waals surface area contributed by atoms with Crippen molar-refractivity contribution >= 4 is 51.2 Å². The molecule has 0 spiro atoms. The summed E-state index contributed by atoms with van der Waals surface area (Å²) in [6.45, 7) is 0. The number of thiophene rings is 1. The third-order valence-electron chi connectivity index (χ3n) is 2.67. The van der Waals surface area contributed by atoms with Crippen molar-refractivity contribution in [3.63, 3.8) is 0 Å². The lowest BCUT2D eigenvalue weighted by atomic mass is 10.3. The van der Waals surface area contributed by atoms with Gasteiger partial charge in [-0.05, 0) is 52.2 Å². The Labute approximate surface area is 143 Å². The summed E-state index contributed by atoms with van der Waals surface area (Å²) in [6.07, 6.45) is 0.187. The van der Waals surface area contributed by atoms with Crippen molar-refractivity contribution < 1.29 is 9.53 Å². The van der Waals surface area contributed by atoms with E-state index in [-0.39, 0.29) is 12.4 Å². The fraction of sp³-hybridized carbons (Fsp3) is 0.0667. The van der Waals surface area contributed by atoms with Crippen LogP contribution >= 0.6 is 45.3 Å². The molecule has 0 fully saturated rings. The highest BCUT2D eigenvalue weighted by molar-refractivity contribution is 14.1. The second-order valence-corrected chi connectivity index (χ2v) is 7.15. The van der Waals surface area contributed by atoms with E-state index in [1.54, 1.807) is 28.7 Å². The number of nitrogens with zero attached hydrogens (tertiary/aromatic N) is 1. The predicted molar refractivity (Wildman–Crippen MR) is 93.9 cm³/mol. The quantitative estimate of drug-likeness (QED) is 0.347. The molecule has 0 amide bonds. The Balaban J connectivity index is 1.65. The van der Waals surface area contributed by atoms with E-state index in [0.29, 0.717) is 5.75 Å². The molecule has 0 aliphatic rings. The SMILES string of the molecule is O=C(Cc1csc(-c2ccsc2)n1)Oc1cccc(I)c1. The molecule has 0 N–H and O–H groups in total. The number of aromatic nitrogens is 1. The Morgan fingerprint density at radius 1 is 1.29 bits per heavy atom. The average Bonchev–Trinajstić information content (AvgIpc) is 3.08. The minimum absolute atomic E-state index is 0.187. The van der Waals surface area contributed by atoms with Crippen molar-refractivity contribution in [1.29, 1.82) is 0 Å². The van der Waals surface area contributed by atoms with Gasteiger partial charge in [0, 0.05) is 19.9 Å². The van der Waals surface area contributed by atoms with Crippen LogP contribution in [0.3, 0.4) is 0 Å². The summed E-state index contributed by atoms with van der Waals surface area (Å²) in [5.74, 6) is 0.277. The van der Waals surface area contributed by atoms with Crippen LogP contribution in [0.25, 0.3) is 10.6 Å². The smallest absolute Gasteiger partial charge is 0.317 e. The molecule has 3 rings (SSSR count). The number of hydrogen-bond acceptors (Lipinski definition) is 5. The Bertz CT molecular complexity index is 753. The molecule has 0 atom stereocenters. The average molecular weight is 427 g/mol. The van der Waals surface area contributed by atoms with Crippen molar-refractivity contribution in [2.75, 3.05) is 0 Å². The molecule has 0 aliphatic carbocycles. The normalized spacial score (nSPS) is 10.5. The molecule has 6 heteroatoms. The lowest BCUT2D eigenvalue weighted by molar-refractivity contribution is -0.133. The van der Waals surface area contributed by atoms with E-state index in [1.165, 1.54) is 0 Å². The topological polar surface area (TPSA) is 39.2 Å². The van der Waals surface area contributed by atoms with E-state index in [1.807, 2.05) is 40.4 Å². The van der Waals surface area contributed by atoms with E-state index in [2.05, 4.69) is 27.6 Å². The summed E-state index contributed by atoms with van der Waals surface area (Å²) in [5, 5.41) is 6.91. The molecule has 0 bridgehead atoms. The molecule has 3 aromatic rings. The van der Waals surface area contributed by atoms with Crippen molar-refractivity contribution in [1.82, 2.24) is 4.98 Å². The summed E-state index contributed by atoms with van der Waals surface area (Å²) in [7, 11) is 0. The Hall–Kier alpha value is -1.25. The molecule has 3 nitrogen and oxygen atoms in total. The number of ether oxygens (including phenoxy) is 1. The second kappa shape index (κ2) is 6.67. The lowest BCUT2D eigenvalue weighted by Crippen LogP contribution is -2.11. The number of carbonyl (C=O) groups excluding carboxylic acids is 1. The zero-order chi connectivity index (χ0) is 14.7. The van der Waals surface area contributed by atoms with Gasteiger partial charge in [0.2, 0.25) is 0 Å². The van der Waals surface area contributed by atoms with Crippen LogP contribution in [0.5, 0.6) is 5.75 Å². The van der Waals surface area contributed by atoms with Gasteiger partial charge in [-0.25, -0.2) is 4.98 Å². The second-order valence-electron chi connectivity index (χ2n) is 4.26. The van der Waals surface area contributed by atoms with Gasteiger partial charge in [-0.15, -0.1) is 11.3 Å². The highest BCUT2D eigenvalue weighted by Gasteiger charge is 2.11. The minimum atomic E-state index is -0.292. The molecule has 1 aromatic carbocycles. The van der Waals surface area contributed by atoms with Crippen LogP contribution in [-0.2, 0) is 11.2 Å². The number of hydrogen-bond donors (Lipinski definition) is 0. The van der Waals surface area contributed by atoms with Crippen LogP contribution in [0.4, 0.5) is 0 Å². The molecule has 0 aliphatic heterocycles. The summed E-state index contributed by atoms with van der Waals surface area (Å²) >= 11 is 5.36. The summed E-state index contributed by atoms with van der Waals surface area (Å²) < 4.78 is 6.36. The maximum absolute atomic E-state index is 11.9. The molecule has 21 heavy (non-hydrogen) atoms. The zero-order valence-corrected chi connectivity index (χ0v) is 14.6. The first-order valence-electron chi connectivity index (χ1n) is 6.14. The van der Waals surface area contributed by atoms with Gasteiger partial charge in [0.05, 0.1) is 12.1 Å². The van der Waals surface area contributed by atoms with Gasteiger partial charge in [-0.3, -0.25) is 4.79 Å². The van der Waals surface area contributed by atoms with E-state index in [4.69, 9.17) is 4.74 Å². The number of thiazole rings is 1. The maximum atomic E-state index is 11.9. The monoisotopic (exact) mass is 427 g/mol. The van der Waals surface area contributed by atoms with Crippen LogP contribution in [-0.4, -0.2) is 11.0 Å². The number of esters is 1. The Kier molecular flexibility index (Phi) is 4.67.